The molecule has 0 amide bonds. The molecule has 0 fully saturated rings. The predicted molar refractivity (Wildman–Crippen MR) is 76.2 cm³/mol. The van der Waals surface area contributed by atoms with Gasteiger partial charge >= 0.3 is 0 Å². The quantitative estimate of drug-likeness (QED) is 0.733. The maximum atomic E-state index is 13.8. The van der Waals surface area contributed by atoms with E-state index in [2.05, 4.69) is 33.0 Å². The Morgan fingerprint density at radius 1 is 1.26 bits per heavy atom. The molecule has 1 nitrogen and oxygen atoms in total. The van der Waals surface area contributed by atoms with Crippen LogP contribution < -0.4 is 5.32 Å². The molecule has 19 heavy (non-hydrogen) atoms. The summed E-state index contributed by atoms with van der Waals surface area (Å²) in [6.07, 6.45) is 1.62. The molecule has 0 saturated carbocycles. The van der Waals surface area contributed by atoms with Crippen LogP contribution in [0.5, 0.6) is 0 Å². The van der Waals surface area contributed by atoms with Gasteiger partial charge < -0.3 is 5.32 Å². The Morgan fingerprint density at radius 2 is 1.95 bits per heavy atom. The zero-order valence-electron chi connectivity index (χ0n) is 12.4. The number of rotatable bonds is 7. The van der Waals surface area contributed by atoms with E-state index in [0.717, 1.165) is 19.5 Å². The lowest BCUT2D eigenvalue weighted by Crippen LogP contribution is -2.38. The van der Waals surface area contributed by atoms with E-state index < -0.39 is 11.6 Å². The van der Waals surface area contributed by atoms with Gasteiger partial charge in [0, 0.05) is 6.54 Å². The predicted octanol–water partition coefficient (Wildman–Crippen LogP) is 4.17. The van der Waals surface area contributed by atoms with Crippen molar-refractivity contribution in [3.8, 4) is 0 Å². The summed E-state index contributed by atoms with van der Waals surface area (Å²) in [5, 5.41) is 3.40. The number of nitrogens with one attached hydrogen (secondary N) is 1. The summed E-state index contributed by atoms with van der Waals surface area (Å²) >= 11 is 0. The lowest BCUT2D eigenvalue weighted by molar-refractivity contribution is 0.205. The van der Waals surface area contributed by atoms with Crippen LogP contribution in [-0.4, -0.2) is 13.1 Å². The van der Waals surface area contributed by atoms with Gasteiger partial charge in [-0.15, -0.1) is 0 Å². The zero-order valence-corrected chi connectivity index (χ0v) is 12.4. The highest BCUT2D eigenvalue weighted by molar-refractivity contribution is 5.20. The molecule has 0 radical (unpaired) electrons. The van der Waals surface area contributed by atoms with Crippen molar-refractivity contribution < 1.29 is 8.78 Å². The molecule has 0 aliphatic rings. The number of hydrogen-bond donors (Lipinski definition) is 1. The minimum absolute atomic E-state index is 0.0796. The molecule has 108 valence electrons. The van der Waals surface area contributed by atoms with Crippen LogP contribution in [-0.2, 0) is 6.42 Å². The molecule has 1 aromatic rings. The van der Waals surface area contributed by atoms with Crippen molar-refractivity contribution in [2.24, 2.45) is 11.3 Å². The highest BCUT2D eigenvalue weighted by Gasteiger charge is 2.29. The second-order valence-electron chi connectivity index (χ2n) is 5.88. The largest absolute Gasteiger partial charge is 0.316 e. The number of halogens is 2. The van der Waals surface area contributed by atoms with Crippen molar-refractivity contribution in [2.75, 3.05) is 13.1 Å². The molecule has 1 atom stereocenters. The molecule has 1 unspecified atom stereocenters. The van der Waals surface area contributed by atoms with Gasteiger partial charge in [-0.3, -0.25) is 0 Å². The first-order valence-electron chi connectivity index (χ1n) is 7.04. The van der Waals surface area contributed by atoms with Crippen molar-refractivity contribution in [1.82, 2.24) is 5.32 Å². The highest BCUT2D eigenvalue weighted by Crippen LogP contribution is 2.32. The van der Waals surface area contributed by atoms with Crippen molar-refractivity contribution in [3.05, 3.63) is 35.4 Å². The fraction of sp³-hybridized carbons (Fsp3) is 0.625. The minimum atomic E-state index is -0.759. The molecule has 1 N–H and O–H groups in total. The highest BCUT2D eigenvalue weighted by atomic mass is 19.2. The fourth-order valence-corrected chi connectivity index (χ4v) is 2.14. The van der Waals surface area contributed by atoms with Gasteiger partial charge in [0.25, 0.3) is 0 Å². The van der Waals surface area contributed by atoms with E-state index in [0.29, 0.717) is 17.9 Å². The van der Waals surface area contributed by atoms with Crippen LogP contribution in [0.2, 0.25) is 0 Å². The standard InChI is InChI=1S/C16H25F2N/c1-5-9-19-11-16(4,12(2)3)10-13-7-6-8-14(17)15(13)18/h6-8,12,19H,5,9-11H2,1-4H3. The fourth-order valence-electron chi connectivity index (χ4n) is 2.14. The van der Waals surface area contributed by atoms with Crippen LogP contribution in [0, 0.1) is 23.0 Å². The summed E-state index contributed by atoms with van der Waals surface area (Å²) < 4.78 is 27.1. The first-order chi connectivity index (χ1) is 8.90. The lowest BCUT2D eigenvalue weighted by atomic mass is 9.74. The maximum absolute atomic E-state index is 13.8. The Bertz CT molecular complexity index is 404. The topological polar surface area (TPSA) is 12.0 Å². The van der Waals surface area contributed by atoms with Crippen LogP contribution in [0.15, 0.2) is 18.2 Å². The van der Waals surface area contributed by atoms with Crippen LogP contribution in [0.1, 0.15) is 39.7 Å². The molecular formula is C16H25F2N. The van der Waals surface area contributed by atoms with Crippen molar-refractivity contribution in [1.29, 1.82) is 0 Å². The molecule has 0 spiro atoms. The Morgan fingerprint density at radius 3 is 2.53 bits per heavy atom. The molecule has 1 aromatic carbocycles. The van der Waals surface area contributed by atoms with Crippen LogP contribution >= 0.6 is 0 Å². The Kier molecular flexibility index (Phi) is 5.92. The molecule has 0 heterocycles. The molecule has 1 rings (SSSR count). The molecule has 0 aliphatic heterocycles. The first kappa shape index (κ1) is 16.1. The molecule has 0 aromatic heterocycles. The number of benzene rings is 1. The second kappa shape index (κ2) is 6.99. The molecule has 3 heteroatoms. The third kappa shape index (κ3) is 4.27. The van der Waals surface area contributed by atoms with E-state index >= 15 is 0 Å². The average molecular weight is 269 g/mol. The summed E-state index contributed by atoms with van der Waals surface area (Å²) in [6, 6.07) is 4.42. The summed E-state index contributed by atoms with van der Waals surface area (Å²) in [5.74, 6) is -1.07. The lowest BCUT2D eigenvalue weighted by Gasteiger charge is -2.34. The van der Waals surface area contributed by atoms with E-state index in [9.17, 15) is 8.78 Å². The zero-order chi connectivity index (χ0) is 14.5. The van der Waals surface area contributed by atoms with Gasteiger partial charge in [-0.1, -0.05) is 39.8 Å². The summed E-state index contributed by atoms with van der Waals surface area (Å²) in [5.41, 5.74) is 0.388. The molecule has 0 bridgehead atoms. The van der Waals surface area contributed by atoms with Crippen LogP contribution in [0.4, 0.5) is 8.78 Å². The van der Waals surface area contributed by atoms with E-state index in [1.807, 2.05) is 0 Å². The Balaban J connectivity index is 2.85. The van der Waals surface area contributed by atoms with Gasteiger partial charge in [0.15, 0.2) is 11.6 Å². The van der Waals surface area contributed by atoms with E-state index in [1.165, 1.54) is 6.07 Å². The van der Waals surface area contributed by atoms with E-state index in [1.54, 1.807) is 12.1 Å². The monoisotopic (exact) mass is 269 g/mol. The smallest absolute Gasteiger partial charge is 0.162 e. The Hall–Kier alpha value is -0.960. The molecule has 0 aliphatic carbocycles. The maximum Gasteiger partial charge on any atom is 0.162 e. The third-order valence-electron chi connectivity index (χ3n) is 3.98. The Labute approximate surface area is 115 Å². The van der Waals surface area contributed by atoms with Crippen molar-refractivity contribution in [3.63, 3.8) is 0 Å². The van der Waals surface area contributed by atoms with E-state index in [-0.39, 0.29) is 5.41 Å². The van der Waals surface area contributed by atoms with Gasteiger partial charge in [0.05, 0.1) is 0 Å². The van der Waals surface area contributed by atoms with Crippen molar-refractivity contribution in [2.45, 2.75) is 40.5 Å². The van der Waals surface area contributed by atoms with Crippen LogP contribution in [0.25, 0.3) is 0 Å². The van der Waals surface area contributed by atoms with Gasteiger partial charge in [-0.2, -0.15) is 0 Å². The summed E-state index contributed by atoms with van der Waals surface area (Å²) in [6.45, 7) is 10.3. The normalized spacial score (nSPS) is 14.7. The van der Waals surface area contributed by atoms with Gasteiger partial charge in [0.1, 0.15) is 0 Å². The summed E-state index contributed by atoms with van der Waals surface area (Å²) in [7, 11) is 0. The van der Waals surface area contributed by atoms with Gasteiger partial charge in [0.2, 0.25) is 0 Å². The molecule has 0 saturated heterocycles. The SMILES string of the molecule is CCCNCC(C)(Cc1cccc(F)c1F)C(C)C. The van der Waals surface area contributed by atoms with Crippen molar-refractivity contribution >= 4 is 0 Å². The summed E-state index contributed by atoms with van der Waals surface area (Å²) in [4.78, 5) is 0. The average Bonchev–Trinajstić information content (AvgIpc) is 2.35. The number of hydrogen-bond acceptors (Lipinski definition) is 1. The van der Waals surface area contributed by atoms with Gasteiger partial charge in [-0.25, -0.2) is 8.78 Å². The van der Waals surface area contributed by atoms with E-state index in [4.69, 9.17) is 0 Å². The molecular weight excluding hydrogens is 244 g/mol. The first-order valence-corrected chi connectivity index (χ1v) is 7.04. The second-order valence-corrected chi connectivity index (χ2v) is 5.88. The van der Waals surface area contributed by atoms with Gasteiger partial charge in [-0.05, 0) is 42.3 Å². The van der Waals surface area contributed by atoms with Crippen LogP contribution in [0.3, 0.4) is 0 Å². The third-order valence-corrected chi connectivity index (χ3v) is 3.98. The minimum Gasteiger partial charge on any atom is -0.316 e.